The molecule has 0 bridgehead atoms. The van der Waals surface area contributed by atoms with E-state index in [1.165, 1.54) is 12.7 Å². The summed E-state index contributed by atoms with van der Waals surface area (Å²) >= 11 is 1.62. The molecule has 0 saturated heterocycles. The summed E-state index contributed by atoms with van der Waals surface area (Å²) in [5.41, 5.74) is 2.24. The maximum absolute atomic E-state index is 12.0. The normalized spacial score (nSPS) is 13.2. The fourth-order valence-corrected chi connectivity index (χ4v) is 2.95. The molecular weight excluding hydrogens is 312 g/mol. The molecule has 0 fully saturated rings. The quantitative estimate of drug-likeness (QED) is 0.883. The van der Waals surface area contributed by atoms with Crippen molar-refractivity contribution in [3.8, 4) is 0 Å². The Morgan fingerprint density at radius 1 is 1.17 bits per heavy atom. The van der Waals surface area contributed by atoms with Crippen molar-refractivity contribution in [2.24, 2.45) is 0 Å². The lowest BCUT2D eigenvalue weighted by Crippen LogP contribution is -2.45. The van der Waals surface area contributed by atoms with E-state index in [1.807, 2.05) is 48.7 Å². The number of rotatable bonds is 5. The highest BCUT2D eigenvalue weighted by Crippen LogP contribution is 2.26. The average Bonchev–Trinajstić information content (AvgIpc) is 3.07. The minimum absolute atomic E-state index is 0.117. The van der Waals surface area contributed by atoms with Gasteiger partial charge in [-0.15, -0.1) is 11.3 Å². The van der Waals surface area contributed by atoms with E-state index in [-0.39, 0.29) is 6.04 Å². The topological polar surface area (TPSA) is 67.4 Å². The van der Waals surface area contributed by atoms with Crippen molar-refractivity contribution in [3.05, 3.63) is 57.8 Å². The average molecular weight is 332 g/mol. The lowest BCUT2D eigenvalue weighted by Gasteiger charge is -2.22. The van der Waals surface area contributed by atoms with E-state index in [4.69, 9.17) is 0 Å². The molecule has 2 rings (SSSR count). The highest BCUT2D eigenvalue weighted by Gasteiger charge is 2.22. The Bertz CT molecular complexity index is 653. The molecule has 0 unspecified atom stereocenters. The van der Waals surface area contributed by atoms with Gasteiger partial charge in [0.1, 0.15) is 0 Å². The summed E-state index contributed by atoms with van der Waals surface area (Å²) in [6, 6.07) is 11.5. The van der Waals surface area contributed by atoms with E-state index in [1.54, 1.807) is 18.3 Å². The lowest BCUT2D eigenvalue weighted by atomic mass is 10.0. The van der Waals surface area contributed by atoms with Gasteiger partial charge in [-0.25, -0.2) is 4.79 Å². The fraction of sp³-hybridized carbons (Fsp3) is 0.294. The summed E-state index contributed by atoms with van der Waals surface area (Å²) in [5, 5.41) is 7.45. The van der Waals surface area contributed by atoms with Crippen LogP contribution in [0.4, 0.5) is 4.79 Å². The Kier molecular flexibility index (Phi) is 5.90. The largest absolute Gasteiger partial charge is 0.453 e. The first-order chi connectivity index (χ1) is 11.0. The summed E-state index contributed by atoms with van der Waals surface area (Å²) in [6.07, 6.45) is -0.758. The molecule has 6 heteroatoms. The number of ether oxygens (including phenoxy) is 1. The van der Waals surface area contributed by atoms with Gasteiger partial charge in [0.15, 0.2) is 0 Å². The van der Waals surface area contributed by atoms with E-state index >= 15 is 0 Å². The zero-order valence-electron chi connectivity index (χ0n) is 13.3. The van der Waals surface area contributed by atoms with Crippen molar-refractivity contribution >= 4 is 23.3 Å². The molecule has 2 amide bonds. The second-order valence-corrected chi connectivity index (χ2v) is 6.21. The van der Waals surface area contributed by atoms with Crippen LogP contribution in [0.1, 0.15) is 29.0 Å². The van der Waals surface area contributed by atoms with Crippen LogP contribution >= 0.6 is 11.3 Å². The van der Waals surface area contributed by atoms with Gasteiger partial charge in [-0.3, -0.25) is 15.4 Å². The fourth-order valence-electron chi connectivity index (χ4n) is 2.14. The Balaban J connectivity index is 2.17. The van der Waals surface area contributed by atoms with Crippen LogP contribution in [0.5, 0.6) is 0 Å². The molecule has 0 aliphatic carbocycles. The first kappa shape index (κ1) is 17.2. The number of nitrogens with one attached hydrogen (secondary N) is 2. The van der Waals surface area contributed by atoms with Crippen LogP contribution in [0.2, 0.25) is 0 Å². The summed E-state index contributed by atoms with van der Waals surface area (Å²) in [7, 11) is 1.22. The number of carbonyl (C=O) groups excluding carboxylic acids is 2. The van der Waals surface area contributed by atoms with Gasteiger partial charge in [0.2, 0.25) is 5.91 Å². The van der Waals surface area contributed by atoms with Crippen molar-refractivity contribution in [1.29, 1.82) is 0 Å². The Hall–Kier alpha value is -2.18. The number of methoxy groups -OCH3 is 1. The number of hydrogen-bond acceptors (Lipinski definition) is 5. The highest BCUT2D eigenvalue weighted by atomic mass is 32.1. The number of hydrogen-bond donors (Lipinski definition) is 2. The number of carbonyl (C=O) groups is 2. The van der Waals surface area contributed by atoms with E-state index < -0.39 is 18.0 Å². The molecule has 23 heavy (non-hydrogen) atoms. The Morgan fingerprint density at radius 3 is 2.43 bits per heavy atom. The third-order valence-electron chi connectivity index (χ3n) is 3.46. The van der Waals surface area contributed by atoms with Crippen molar-refractivity contribution in [1.82, 2.24) is 10.6 Å². The zero-order valence-corrected chi connectivity index (χ0v) is 14.1. The van der Waals surface area contributed by atoms with Crippen LogP contribution in [0, 0.1) is 6.92 Å². The zero-order chi connectivity index (χ0) is 16.8. The molecule has 1 aromatic heterocycles. The summed E-state index contributed by atoms with van der Waals surface area (Å²) in [4.78, 5) is 24.3. The van der Waals surface area contributed by atoms with Crippen LogP contribution < -0.4 is 10.6 Å². The number of benzene rings is 1. The van der Waals surface area contributed by atoms with Crippen molar-refractivity contribution in [3.63, 3.8) is 0 Å². The number of amides is 2. The smallest absolute Gasteiger partial charge is 0.413 e. The standard InChI is InChI=1S/C17H20N2O3S/c1-11-6-8-13(9-7-11)15(14-5-4-10-23-14)18-12(2)16(20)19-17(21)22-3/h4-10,12,15,18H,1-3H3,(H,19,20,21)/t12-,15-/m1/s1. The Labute approximate surface area is 139 Å². The van der Waals surface area contributed by atoms with Crippen molar-refractivity contribution in [2.45, 2.75) is 25.9 Å². The van der Waals surface area contributed by atoms with Gasteiger partial charge in [0.05, 0.1) is 19.2 Å². The molecular formula is C17H20N2O3S. The van der Waals surface area contributed by atoms with Gasteiger partial charge in [0, 0.05) is 4.88 Å². The van der Waals surface area contributed by atoms with Crippen molar-refractivity contribution < 1.29 is 14.3 Å². The monoisotopic (exact) mass is 332 g/mol. The van der Waals surface area contributed by atoms with Crippen LogP contribution in [-0.2, 0) is 9.53 Å². The molecule has 5 nitrogen and oxygen atoms in total. The second-order valence-electron chi connectivity index (χ2n) is 5.23. The summed E-state index contributed by atoms with van der Waals surface area (Å²) < 4.78 is 4.45. The van der Waals surface area contributed by atoms with Crippen LogP contribution in [0.3, 0.4) is 0 Å². The third-order valence-corrected chi connectivity index (χ3v) is 4.40. The first-order valence-electron chi connectivity index (χ1n) is 7.26. The van der Waals surface area contributed by atoms with Gasteiger partial charge in [-0.2, -0.15) is 0 Å². The SMILES string of the molecule is COC(=O)NC(=O)[C@@H](C)N[C@H](c1ccc(C)cc1)c1cccs1. The summed E-state index contributed by atoms with van der Waals surface area (Å²) in [6.45, 7) is 3.75. The van der Waals surface area contributed by atoms with E-state index in [0.717, 1.165) is 10.4 Å². The minimum atomic E-state index is -0.758. The molecule has 0 spiro atoms. The number of imide groups is 1. The predicted molar refractivity (Wildman–Crippen MR) is 90.5 cm³/mol. The number of thiophene rings is 1. The molecule has 122 valence electrons. The highest BCUT2D eigenvalue weighted by molar-refractivity contribution is 7.10. The Morgan fingerprint density at radius 2 is 1.87 bits per heavy atom. The van der Waals surface area contributed by atoms with Gasteiger partial charge >= 0.3 is 6.09 Å². The molecule has 0 aliphatic heterocycles. The van der Waals surface area contributed by atoms with Crippen molar-refractivity contribution in [2.75, 3.05) is 7.11 Å². The van der Waals surface area contributed by atoms with E-state index in [2.05, 4.69) is 15.4 Å². The van der Waals surface area contributed by atoms with Crippen LogP contribution in [0.25, 0.3) is 0 Å². The van der Waals surface area contributed by atoms with Gasteiger partial charge in [-0.1, -0.05) is 35.9 Å². The first-order valence-corrected chi connectivity index (χ1v) is 8.14. The second kappa shape index (κ2) is 7.89. The summed E-state index contributed by atoms with van der Waals surface area (Å²) in [5.74, 6) is -0.425. The van der Waals surface area contributed by atoms with Crippen LogP contribution in [-0.4, -0.2) is 25.2 Å². The maximum atomic E-state index is 12.0. The molecule has 0 aliphatic rings. The minimum Gasteiger partial charge on any atom is -0.453 e. The molecule has 2 N–H and O–H groups in total. The molecule has 0 saturated carbocycles. The predicted octanol–water partition coefficient (Wildman–Crippen LogP) is 3.01. The molecule has 1 aromatic carbocycles. The van der Waals surface area contributed by atoms with Gasteiger partial charge in [0.25, 0.3) is 0 Å². The van der Waals surface area contributed by atoms with Gasteiger partial charge in [-0.05, 0) is 30.9 Å². The lowest BCUT2D eigenvalue weighted by molar-refractivity contribution is -0.122. The number of aryl methyl sites for hydroxylation is 1. The third kappa shape index (κ3) is 4.64. The number of alkyl carbamates (subject to hydrolysis) is 1. The van der Waals surface area contributed by atoms with E-state index in [0.29, 0.717) is 0 Å². The van der Waals surface area contributed by atoms with E-state index in [9.17, 15) is 9.59 Å². The molecule has 2 aromatic rings. The van der Waals surface area contributed by atoms with Crippen LogP contribution in [0.15, 0.2) is 41.8 Å². The molecule has 2 atom stereocenters. The maximum Gasteiger partial charge on any atom is 0.413 e. The molecule has 1 heterocycles. The molecule has 0 radical (unpaired) electrons. The van der Waals surface area contributed by atoms with Gasteiger partial charge < -0.3 is 4.74 Å².